The molecule has 0 amide bonds. The Morgan fingerprint density at radius 3 is 2.57 bits per heavy atom. The number of hydrogen-bond acceptors (Lipinski definition) is 4. The van der Waals surface area contributed by atoms with Crippen LogP contribution < -0.4 is 4.74 Å². The van der Waals surface area contributed by atoms with Crippen molar-refractivity contribution in [1.29, 1.82) is 0 Å². The smallest absolute Gasteiger partial charge is 0.217 e. The number of hydrogen-bond donors (Lipinski definition) is 1. The van der Waals surface area contributed by atoms with E-state index in [0.717, 1.165) is 23.7 Å². The zero-order valence-electron chi connectivity index (χ0n) is 15.9. The van der Waals surface area contributed by atoms with Gasteiger partial charge < -0.3 is 4.74 Å². The molecule has 2 aromatic carbocycles. The first-order valence-corrected chi connectivity index (χ1v) is 9.89. The van der Waals surface area contributed by atoms with Crippen LogP contribution in [0.15, 0.2) is 54.6 Å². The van der Waals surface area contributed by atoms with E-state index in [1.54, 1.807) is 7.11 Å². The fourth-order valence-corrected chi connectivity index (χ4v) is 3.37. The van der Waals surface area contributed by atoms with Gasteiger partial charge in [0.1, 0.15) is 11.6 Å². The first kappa shape index (κ1) is 18.7. The second-order valence-electron chi connectivity index (χ2n) is 7.03. The molecule has 1 heterocycles. The first-order chi connectivity index (χ1) is 13.7. The van der Waals surface area contributed by atoms with Gasteiger partial charge >= 0.3 is 0 Å². The van der Waals surface area contributed by atoms with Crippen LogP contribution in [0, 0.1) is 4.77 Å². The normalized spacial score (nSPS) is 14.1. The number of benzene rings is 2. The first-order valence-electron chi connectivity index (χ1n) is 9.48. The molecule has 1 aliphatic carbocycles. The Labute approximate surface area is 170 Å². The van der Waals surface area contributed by atoms with Gasteiger partial charge in [0.05, 0.1) is 13.8 Å². The summed E-state index contributed by atoms with van der Waals surface area (Å²) in [7, 11) is 1.69. The van der Waals surface area contributed by atoms with E-state index in [1.807, 2.05) is 47.2 Å². The molecular formula is C22H24N4OS. The molecule has 0 spiro atoms. The van der Waals surface area contributed by atoms with Gasteiger partial charge in [0.15, 0.2) is 0 Å². The lowest BCUT2D eigenvalue weighted by Gasteiger charge is -2.22. The molecule has 1 fully saturated rings. The lowest BCUT2D eigenvalue weighted by Crippen LogP contribution is -2.28. The van der Waals surface area contributed by atoms with E-state index in [1.165, 1.54) is 18.4 Å². The number of nitrogens with zero attached hydrogens (tertiary/aromatic N) is 3. The molecule has 0 saturated heterocycles. The molecule has 0 aliphatic heterocycles. The maximum absolute atomic E-state index is 5.47. The van der Waals surface area contributed by atoms with Crippen molar-refractivity contribution in [3.63, 3.8) is 0 Å². The van der Waals surface area contributed by atoms with Crippen LogP contribution in [0.5, 0.6) is 5.75 Å². The predicted molar refractivity (Wildman–Crippen MR) is 114 cm³/mol. The molecule has 0 atom stereocenters. The standard InChI is InChI=1S/C22H24N4OS/c1-27-20-12-7-18(8-13-20)15-25(19-10-11-19)16-26-22(28)23-21(24-26)14-9-17-5-3-2-4-6-17/h2-9,12-14,19H,10-11,15-16H2,1H3,(H,23,24,28)/b14-9+. The third kappa shape index (κ3) is 4.77. The number of H-pyrrole nitrogens is 1. The summed E-state index contributed by atoms with van der Waals surface area (Å²) in [6, 6.07) is 19.0. The van der Waals surface area contributed by atoms with E-state index < -0.39 is 0 Å². The molecule has 6 heteroatoms. The van der Waals surface area contributed by atoms with Gasteiger partial charge in [-0.3, -0.25) is 10.00 Å². The van der Waals surface area contributed by atoms with Gasteiger partial charge in [-0.15, -0.1) is 0 Å². The number of aromatic amines is 1. The third-order valence-corrected chi connectivity index (χ3v) is 5.17. The average Bonchev–Trinajstić information content (AvgIpc) is 3.52. The van der Waals surface area contributed by atoms with Gasteiger partial charge in [-0.2, -0.15) is 4.98 Å². The number of nitrogens with one attached hydrogen (secondary N) is 1. The third-order valence-electron chi connectivity index (χ3n) is 4.86. The molecule has 0 radical (unpaired) electrons. The summed E-state index contributed by atoms with van der Waals surface area (Å²) in [5.74, 6) is 1.65. The molecule has 3 aromatic rings. The Balaban J connectivity index is 1.46. The minimum absolute atomic E-state index is 0.577. The lowest BCUT2D eigenvalue weighted by molar-refractivity contribution is 0.186. The minimum Gasteiger partial charge on any atom is -0.497 e. The van der Waals surface area contributed by atoms with Crippen LogP contribution in [-0.4, -0.2) is 32.8 Å². The predicted octanol–water partition coefficient (Wildman–Crippen LogP) is 4.74. The fraction of sp³-hybridized carbons (Fsp3) is 0.273. The SMILES string of the molecule is COc1ccc(CN(Cn2[nH]c(/C=C/c3ccccc3)nc2=S)C2CC2)cc1. The summed E-state index contributed by atoms with van der Waals surface area (Å²) >= 11 is 5.47. The van der Waals surface area contributed by atoms with Crippen LogP contribution in [0.25, 0.3) is 12.2 Å². The molecule has 0 unspecified atom stereocenters. The van der Waals surface area contributed by atoms with E-state index in [4.69, 9.17) is 17.0 Å². The van der Waals surface area contributed by atoms with Gasteiger partial charge in [-0.25, -0.2) is 4.68 Å². The summed E-state index contributed by atoms with van der Waals surface area (Å²) in [4.78, 5) is 6.93. The highest BCUT2D eigenvalue weighted by molar-refractivity contribution is 7.71. The van der Waals surface area contributed by atoms with E-state index >= 15 is 0 Å². The van der Waals surface area contributed by atoms with Gasteiger partial charge in [-0.1, -0.05) is 48.5 Å². The molecule has 5 nitrogen and oxygen atoms in total. The van der Waals surface area contributed by atoms with E-state index in [2.05, 4.69) is 39.2 Å². The van der Waals surface area contributed by atoms with Crippen molar-refractivity contribution in [2.24, 2.45) is 0 Å². The maximum Gasteiger partial charge on any atom is 0.217 e. The second kappa shape index (κ2) is 8.54. The Bertz CT molecular complexity index is 987. The van der Waals surface area contributed by atoms with Crippen molar-refractivity contribution in [3.8, 4) is 5.75 Å². The Morgan fingerprint density at radius 1 is 1.14 bits per heavy atom. The molecular weight excluding hydrogens is 368 g/mol. The van der Waals surface area contributed by atoms with Crippen molar-refractivity contribution in [2.75, 3.05) is 7.11 Å². The number of ether oxygens (including phenoxy) is 1. The van der Waals surface area contributed by atoms with Crippen LogP contribution >= 0.6 is 12.2 Å². The number of methoxy groups -OCH3 is 1. The van der Waals surface area contributed by atoms with Crippen molar-refractivity contribution < 1.29 is 4.74 Å². The van der Waals surface area contributed by atoms with Crippen LogP contribution in [0.2, 0.25) is 0 Å². The van der Waals surface area contributed by atoms with Crippen molar-refractivity contribution in [1.82, 2.24) is 19.7 Å². The molecule has 0 bridgehead atoms. The van der Waals surface area contributed by atoms with E-state index in [-0.39, 0.29) is 0 Å². The Morgan fingerprint density at radius 2 is 1.89 bits per heavy atom. The quantitative estimate of drug-likeness (QED) is 0.563. The van der Waals surface area contributed by atoms with Crippen molar-refractivity contribution in [2.45, 2.75) is 32.1 Å². The van der Waals surface area contributed by atoms with E-state index in [0.29, 0.717) is 17.5 Å². The minimum atomic E-state index is 0.577. The highest BCUT2D eigenvalue weighted by atomic mass is 32.1. The van der Waals surface area contributed by atoms with Gasteiger partial charge in [-0.05, 0) is 54.4 Å². The van der Waals surface area contributed by atoms with Crippen LogP contribution in [0.1, 0.15) is 29.8 Å². The largest absolute Gasteiger partial charge is 0.497 e. The number of aromatic nitrogens is 3. The zero-order valence-corrected chi connectivity index (χ0v) is 16.7. The highest BCUT2D eigenvalue weighted by Gasteiger charge is 2.29. The van der Waals surface area contributed by atoms with Crippen molar-refractivity contribution in [3.05, 3.63) is 76.3 Å². The fourth-order valence-electron chi connectivity index (χ4n) is 3.17. The highest BCUT2D eigenvalue weighted by Crippen LogP contribution is 2.29. The van der Waals surface area contributed by atoms with Gasteiger partial charge in [0.25, 0.3) is 0 Å². The molecule has 144 valence electrons. The molecule has 1 N–H and O–H groups in total. The average molecular weight is 393 g/mol. The van der Waals surface area contributed by atoms with Gasteiger partial charge in [0.2, 0.25) is 4.77 Å². The molecule has 28 heavy (non-hydrogen) atoms. The van der Waals surface area contributed by atoms with Crippen LogP contribution in [-0.2, 0) is 13.2 Å². The summed E-state index contributed by atoms with van der Waals surface area (Å²) in [6.07, 6.45) is 6.47. The summed E-state index contributed by atoms with van der Waals surface area (Å²) in [5.41, 5.74) is 2.40. The molecule has 1 saturated carbocycles. The van der Waals surface area contributed by atoms with Crippen molar-refractivity contribution >= 4 is 24.4 Å². The van der Waals surface area contributed by atoms with E-state index in [9.17, 15) is 0 Å². The topological polar surface area (TPSA) is 46.1 Å². The molecule has 1 aromatic heterocycles. The lowest BCUT2D eigenvalue weighted by atomic mass is 10.2. The molecule has 4 rings (SSSR count). The Kier molecular flexibility index (Phi) is 5.69. The van der Waals surface area contributed by atoms with Gasteiger partial charge in [0, 0.05) is 12.6 Å². The summed E-state index contributed by atoms with van der Waals surface area (Å²) in [5, 5.41) is 3.32. The Hall–Kier alpha value is -2.70. The molecule has 1 aliphatic rings. The monoisotopic (exact) mass is 392 g/mol. The summed E-state index contributed by atoms with van der Waals surface area (Å²) < 4.78 is 7.78. The zero-order chi connectivity index (χ0) is 19.3. The number of rotatable bonds is 8. The summed E-state index contributed by atoms with van der Waals surface area (Å²) in [6.45, 7) is 1.59. The van der Waals surface area contributed by atoms with Crippen LogP contribution in [0.4, 0.5) is 0 Å². The van der Waals surface area contributed by atoms with Crippen LogP contribution in [0.3, 0.4) is 0 Å². The maximum atomic E-state index is 5.47. The second-order valence-corrected chi connectivity index (χ2v) is 7.40.